The van der Waals surface area contributed by atoms with Gasteiger partial charge in [-0.05, 0) is 0 Å². The smallest absolute Gasteiger partial charge is 0.297 e. The van der Waals surface area contributed by atoms with E-state index in [-0.39, 0.29) is 0 Å². The van der Waals surface area contributed by atoms with Crippen molar-refractivity contribution >= 4 is 0 Å². The summed E-state index contributed by atoms with van der Waals surface area (Å²) in [7, 11) is 0. The summed E-state index contributed by atoms with van der Waals surface area (Å²) in [5.41, 5.74) is -2.57. The van der Waals surface area contributed by atoms with Crippen molar-refractivity contribution in [3.05, 3.63) is 35.0 Å². The topological polar surface area (TPSA) is 20.2 Å². The highest BCUT2D eigenvalue weighted by atomic mass is 19.3. The summed E-state index contributed by atoms with van der Waals surface area (Å²) in [4.78, 5) is 0. The molecule has 1 rings (SSSR count). The lowest BCUT2D eigenvalue weighted by Gasteiger charge is -2.22. The Labute approximate surface area is 77.8 Å². The lowest BCUT2D eigenvalue weighted by Crippen LogP contribution is -2.31. The number of hydrogen-bond donors (Lipinski definition) is 1. The van der Waals surface area contributed by atoms with Crippen molar-refractivity contribution in [2.24, 2.45) is 0 Å². The van der Waals surface area contributed by atoms with Crippen LogP contribution in [-0.4, -0.2) is 11.0 Å². The van der Waals surface area contributed by atoms with Gasteiger partial charge in [-0.1, -0.05) is 0 Å². The molecule has 0 aromatic carbocycles. The van der Waals surface area contributed by atoms with Crippen LogP contribution in [0.1, 0.15) is 0 Å². The summed E-state index contributed by atoms with van der Waals surface area (Å²) < 4.78 is 86.2. The van der Waals surface area contributed by atoms with Gasteiger partial charge in [-0.15, -0.1) is 0 Å². The highest BCUT2D eigenvalue weighted by Crippen LogP contribution is 2.46. The van der Waals surface area contributed by atoms with Crippen molar-refractivity contribution in [1.82, 2.24) is 0 Å². The number of hydrogen-bond acceptors (Lipinski definition) is 1. The maximum absolute atomic E-state index is 12.8. The summed E-state index contributed by atoms with van der Waals surface area (Å²) in [6.07, 6.45) is -3.20. The van der Waals surface area contributed by atoms with Gasteiger partial charge in [0, 0.05) is 0 Å². The van der Waals surface area contributed by atoms with Gasteiger partial charge in [-0.3, -0.25) is 0 Å². The molecule has 0 saturated carbocycles. The van der Waals surface area contributed by atoms with E-state index in [4.69, 9.17) is 5.11 Å². The minimum Gasteiger partial charge on any atom is -0.352 e. The van der Waals surface area contributed by atoms with Crippen molar-refractivity contribution in [3.63, 3.8) is 0 Å². The first-order valence-corrected chi connectivity index (χ1v) is 3.30. The molecule has 1 nitrogen and oxygen atoms in total. The van der Waals surface area contributed by atoms with Crippen molar-refractivity contribution in [1.29, 1.82) is 0 Å². The summed E-state index contributed by atoms with van der Waals surface area (Å²) in [5, 5.41) is 8.41. The summed E-state index contributed by atoms with van der Waals surface area (Å²) in [6, 6.07) is 0. The van der Waals surface area contributed by atoms with Gasteiger partial charge in [0.2, 0.25) is 5.83 Å². The number of rotatable bonds is 0. The predicted octanol–water partition coefficient (Wildman–Crippen LogP) is 3.11. The fourth-order valence-electron chi connectivity index (χ4n) is 0.911. The molecule has 1 unspecified atom stereocenters. The zero-order valence-corrected chi connectivity index (χ0v) is 6.59. The van der Waals surface area contributed by atoms with Gasteiger partial charge in [0.05, 0.1) is 0 Å². The van der Waals surface area contributed by atoms with E-state index in [0.717, 1.165) is 0 Å². The number of halogens is 7. The van der Waals surface area contributed by atoms with Crippen molar-refractivity contribution < 1.29 is 35.8 Å². The quantitative estimate of drug-likeness (QED) is 0.638. The van der Waals surface area contributed by atoms with Gasteiger partial charge in [0.25, 0.3) is 11.9 Å². The second-order valence-corrected chi connectivity index (χ2v) is 2.51. The fraction of sp³-hybridized carbons (Fsp3) is 0.143. The second-order valence-electron chi connectivity index (χ2n) is 2.51. The molecule has 0 aliphatic heterocycles. The monoisotopic (exact) mass is 234 g/mol. The van der Waals surface area contributed by atoms with Gasteiger partial charge in [0.15, 0.2) is 17.5 Å². The van der Waals surface area contributed by atoms with Gasteiger partial charge in [-0.25, -0.2) is 17.6 Å². The highest BCUT2D eigenvalue weighted by molar-refractivity contribution is 5.49. The van der Waals surface area contributed by atoms with Crippen LogP contribution in [0.25, 0.3) is 0 Å². The van der Waals surface area contributed by atoms with E-state index in [1.54, 1.807) is 0 Å². The SMILES string of the molecule is OC1(F)C(F)=C(F)C(F)=C(F)C1=C(F)F. The van der Waals surface area contributed by atoms with E-state index < -0.39 is 40.8 Å². The largest absolute Gasteiger partial charge is 0.352 e. The molecule has 0 amide bonds. The van der Waals surface area contributed by atoms with Crippen LogP contribution >= 0.6 is 0 Å². The van der Waals surface area contributed by atoms with E-state index in [0.29, 0.717) is 0 Å². The van der Waals surface area contributed by atoms with Crippen LogP contribution in [0.3, 0.4) is 0 Å². The van der Waals surface area contributed by atoms with E-state index in [1.807, 2.05) is 0 Å². The summed E-state index contributed by atoms with van der Waals surface area (Å²) >= 11 is 0. The molecule has 0 saturated heterocycles. The van der Waals surface area contributed by atoms with Crippen LogP contribution in [0.4, 0.5) is 30.7 Å². The normalized spacial score (nSPS) is 27.6. The van der Waals surface area contributed by atoms with E-state index in [9.17, 15) is 30.7 Å². The molecule has 1 atom stereocenters. The molecule has 1 aliphatic carbocycles. The Kier molecular flexibility index (Phi) is 2.64. The maximum Gasteiger partial charge on any atom is 0.297 e. The van der Waals surface area contributed by atoms with Gasteiger partial charge < -0.3 is 5.11 Å². The average molecular weight is 234 g/mol. The van der Waals surface area contributed by atoms with E-state index in [1.165, 1.54) is 0 Å². The molecule has 0 fully saturated rings. The Morgan fingerprint density at radius 1 is 0.933 bits per heavy atom. The molecule has 0 aromatic rings. The third-order valence-electron chi connectivity index (χ3n) is 1.61. The average Bonchev–Trinajstić information content (AvgIpc) is 2.11. The molecule has 15 heavy (non-hydrogen) atoms. The number of allylic oxidation sites excluding steroid dienone is 2. The first kappa shape index (κ1) is 11.8. The summed E-state index contributed by atoms with van der Waals surface area (Å²) in [5.74, 6) is -15.6. The fourth-order valence-corrected chi connectivity index (χ4v) is 0.911. The van der Waals surface area contributed by atoms with Crippen LogP contribution in [0.5, 0.6) is 0 Å². The Morgan fingerprint density at radius 3 is 1.80 bits per heavy atom. The zero-order valence-electron chi connectivity index (χ0n) is 6.59. The molecule has 1 aliphatic rings. The van der Waals surface area contributed by atoms with E-state index in [2.05, 4.69) is 0 Å². The van der Waals surface area contributed by atoms with E-state index >= 15 is 0 Å². The third-order valence-corrected chi connectivity index (χ3v) is 1.61. The Hall–Kier alpha value is -1.31. The van der Waals surface area contributed by atoms with Crippen LogP contribution in [0.2, 0.25) is 0 Å². The van der Waals surface area contributed by atoms with Crippen molar-refractivity contribution in [2.75, 3.05) is 0 Å². The third kappa shape index (κ3) is 1.54. The molecule has 0 spiro atoms. The standard InChI is InChI=1S/C7HF7O/c8-2-1(6(12)13)7(14,15)5(11)4(10)3(2)9/h15H. The van der Waals surface area contributed by atoms with Crippen LogP contribution in [-0.2, 0) is 0 Å². The molecule has 84 valence electrons. The molecule has 8 heteroatoms. The molecule has 1 N–H and O–H groups in total. The van der Waals surface area contributed by atoms with Crippen LogP contribution in [0.15, 0.2) is 35.0 Å². The Balaban J connectivity index is 3.58. The Bertz CT molecular complexity index is 400. The first-order chi connectivity index (χ1) is 6.71. The summed E-state index contributed by atoms with van der Waals surface area (Å²) in [6.45, 7) is 0. The second kappa shape index (κ2) is 3.37. The molecule has 0 heterocycles. The molecule has 0 aromatic heterocycles. The lowest BCUT2D eigenvalue weighted by molar-refractivity contribution is -0.0445. The van der Waals surface area contributed by atoms with Gasteiger partial charge in [0.1, 0.15) is 5.57 Å². The van der Waals surface area contributed by atoms with Crippen LogP contribution in [0, 0.1) is 0 Å². The number of aliphatic hydroxyl groups is 1. The van der Waals surface area contributed by atoms with Crippen LogP contribution < -0.4 is 0 Å². The maximum atomic E-state index is 12.8. The molecular formula is C7HF7O. The van der Waals surface area contributed by atoms with Gasteiger partial charge >= 0.3 is 0 Å². The molecule has 0 radical (unpaired) electrons. The minimum atomic E-state index is -4.71. The number of alkyl halides is 1. The van der Waals surface area contributed by atoms with Crippen molar-refractivity contribution in [3.8, 4) is 0 Å². The molecular weight excluding hydrogens is 233 g/mol. The Morgan fingerprint density at radius 2 is 1.40 bits per heavy atom. The first-order valence-electron chi connectivity index (χ1n) is 3.30. The molecule has 0 bridgehead atoms. The zero-order chi connectivity index (χ0) is 12.0. The predicted molar refractivity (Wildman–Crippen MR) is 33.8 cm³/mol. The van der Waals surface area contributed by atoms with Crippen molar-refractivity contribution in [2.45, 2.75) is 5.85 Å². The highest BCUT2D eigenvalue weighted by Gasteiger charge is 2.50. The minimum absolute atomic E-state index is 2.57. The van der Waals surface area contributed by atoms with Gasteiger partial charge in [-0.2, -0.15) is 13.2 Å². The lowest BCUT2D eigenvalue weighted by atomic mass is 10.00.